The quantitative estimate of drug-likeness (QED) is 0.647. The first-order chi connectivity index (χ1) is 7.29. The smallest absolute Gasteiger partial charge is 0.0893 e. The van der Waals surface area contributed by atoms with Crippen LogP contribution in [0.25, 0.3) is 0 Å². The zero-order valence-electron chi connectivity index (χ0n) is 9.27. The third kappa shape index (κ3) is 6.51. The summed E-state index contributed by atoms with van der Waals surface area (Å²) in [6, 6.07) is 0. The number of nitrogens with zero attached hydrogens (tertiary/aromatic N) is 3. The summed E-state index contributed by atoms with van der Waals surface area (Å²) in [6.07, 6.45) is 0. The van der Waals surface area contributed by atoms with E-state index in [4.69, 9.17) is 4.74 Å². The lowest BCUT2D eigenvalue weighted by Gasteiger charge is -2.09. The molecule has 6 heteroatoms. The fraction of sp³-hybridized carbons (Fsp3) is 0.778. The van der Waals surface area contributed by atoms with Gasteiger partial charge in [0, 0.05) is 25.0 Å². The van der Waals surface area contributed by atoms with Gasteiger partial charge in [0.2, 0.25) is 0 Å². The zero-order chi connectivity index (χ0) is 10.9. The summed E-state index contributed by atoms with van der Waals surface area (Å²) < 4.78 is 9.21. The summed E-state index contributed by atoms with van der Waals surface area (Å²) in [6.45, 7) is 4.12. The molecule has 0 saturated heterocycles. The number of ether oxygens (including phenoxy) is 1. The van der Waals surface area contributed by atoms with Gasteiger partial charge in [-0.05, 0) is 25.6 Å². The molecule has 0 aliphatic rings. The minimum atomic E-state index is 0.741. The van der Waals surface area contributed by atoms with Crippen LogP contribution in [0, 0.1) is 0 Å². The molecule has 0 bridgehead atoms. The van der Waals surface area contributed by atoms with Crippen LogP contribution in [0.15, 0.2) is 5.38 Å². The van der Waals surface area contributed by atoms with E-state index in [9.17, 15) is 0 Å². The fourth-order valence-corrected chi connectivity index (χ4v) is 1.42. The van der Waals surface area contributed by atoms with Crippen LogP contribution in [0.1, 0.15) is 5.69 Å². The Morgan fingerprint density at radius 3 is 3.00 bits per heavy atom. The third-order valence-electron chi connectivity index (χ3n) is 1.82. The molecule has 0 spiro atoms. The molecule has 1 rings (SSSR count). The van der Waals surface area contributed by atoms with E-state index < -0.39 is 0 Å². The predicted octanol–water partition coefficient (Wildman–Crippen LogP) is 0.206. The maximum absolute atomic E-state index is 5.43. The van der Waals surface area contributed by atoms with Crippen LogP contribution in [-0.4, -0.2) is 54.9 Å². The largest absolute Gasteiger partial charge is 0.379 e. The number of aromatic nitrogens is 2. The Kier molecular flexibility index (Phi) is 6.42. The molecule has 1 aromatic heterocycles. The first-order valence-corrected chi connectivity index (χ1v) is 5.82. The van der Waals surface area contributed by atoms with Gasteiger partial charge in [-0.2, -0.15) is 0 Å². The van der Waals surface area contributed by atoms with Crippen LogP contribution >= 0.6 is 11.5 Å². The van der Waals surface area contributed by atoms with E-state index in [0.717, 1.165) is 38.5 Å². The van der Waals surface area contributed by atoms with Crippen molar-refractivity contribution in [1.82, 2.24) is 19.8 Å². The molecule has 0 aromatic carbocycles. The second-order valence-electron chi connectivity index (χ2n) is 3.49. The lowest BCUT2D eigenvalue weighted by Crippen LogP contribution is -2.23. The predicted molar refractivity (Wildman–Crippen MR) is 61.0 cm³/mol. The Morgan fingerprint density at radius 2 is 2.33 bits per heavy atom. The van der Waals surface area contributed by atoms with Crippen molar-refractivity contribution in [1.29, 1.82) is 0 Å². The Morgan fingerprint density at radius 1 is 1.47 bits per heavy atom. The maximum Gasteiger partial charge on any atom is 0.0893 e. The number of nitrogens with one attached hydrogen (secondary N) is 1. The monoisotopic (exact) mass is 230 g/mol. The van der Waals surface area contributed by atoms with Gasteiger partial charge in [-0.15, -0.1) is 5.10 Å². The van der Waals surface area contributed by atoms with Gasteiger partial charge in [-0.1, -0.05) is 4.49 Å². The van der Waals surface area contributed by atoms with Crippen LogP contribution in [0.4, 0.5) is 0 Å². The van der Waals surface area contributed by atoms with E-state index in [1.54, 1.807) is 0 Å². The average Bonchev–Trinajstić information content (AvgIpc) is 2.68. The standard InChI is InChI=1S/C9H18N4OS/c1-13(2)4-6-14-5-3-10-7-9-8-15-12-11-9/h8,10H,3-7H2,1-2H3. The summed E-state index contributed by atoms with van der Waals surface area (Å²) in [7, 11) is 4.08. The molecular weight excluding hydrogens is 212 g/mol. The molecule has 86 valence electrons. The summed E-state index contributed by atoms with van der Waals surface area (Å²) in [5, 5.41) is 9.12. The van der Waals surface area contributed by atoms with Crippen LogP contribution in [-0.2, 0) is 11.3 Å². The Hall–Kier alpha value is -0.560. The highest BCUT2D eigenvalue weighted by Crippen LogP contribution is 1.94. The number of hydrogen-bond donors (Lipinski definition) is 1. The van der Waals surface area contributed by atoms with E-state index in [1.165, 1.54) is 11.5 Å². The zero-order valence-corrected chi connectivity index (χ0v) is 10.1. The summed E-state index contributed by atoms with van der Waals surface area (Å²) >= 11 is 1.38. The van der Waals surface area contributed by atoms with Crippen molar-refractivity contribution >= 4 is 11.5 Å². The molecule has 5 nitrogen and oxygen atoms in total. The first-order valence-electron chi connectivity index (χ1n) is 4.98. The molecule has 1 heterocycles. The molecule has 0 amide bonds. The van der Waals surface area contributed by atoms with E-state index in [2.05, 4.69) is 19.8 Å². The molecular formula is C9H18N4OS. The highest BCUT2D eigenvalue weighted by Gasteiger charge is 1.95. The molecule has 0 unspecified atom stereocenters. The van der Waals surface area contributed by atoms with Crippen molar-refractivity contribution in [3.63, 3.8) is 0 Å². The van der Waals surface area contributed by atoms with Crippen LogP contribution in [0.2, 0.25) is 0 Å². The van der Waals surface area contributed by atoms with Gasteiger partial charge in [0.1, 0.15) is 0 Å². The van der Waals surface area contributed by atoms with Gasteiger partial charge in [0.25, 0.3) is 0 Å². The topological polar surface area (TPSA) is 50.3 Å². The molecule has 0 aliphatic carbocycles. The van der Waals surface area contributed by atoms with E-state index >= 15 is 0 Å². The SMILES string of the molecule is CN(C)CCOCCNCc1csnn1. The number of likely N-dealkylation sites (N-methyl/N-ethyl adjacent to an activating group) is 1. The normalized spacial score (nSPS) is 11.1. The fourth-order valence-electron chi connectivity index (χ4n) is 0.971. The lowest BCUT2D eigenvalue weighted by molar-refractivity contribution is 0.119. The van der Waals surface area contributed by atoms with Crippen LogP contribution in [0.3, 0.4) is 0 Å². The van der Waals surface area contributed by atoms with Crippen LogP contribution in [0.5, 0.6) is 0 Å². The minimum absolute atomic E-state index is 0.741. The average molecular weight is 230 g/mol. The van der Waals surface area contributed by atoms with Crippen molar-refractivity contribution < 1.29 is 4.74 Å². The molecule has 1 aromatic rings. The summed E-state index contributed by atoms with van der Waals surface area (Å²) in [5.41, 5.74) is 0.994. The lowest BCUT2D eigenvalue weighted by atomic mass is 10.5. The Balaban J connectivity index is 1.85. The van der Waals surface area contributed by atoms with Crippen molar-refractivity contribution in [3.05, 3.63) is 11.1 Å². The highest BCUT2D eigenvalue weighted by atomic mass is 32.1. The van der Waals surface area contributed by atoms with Gasteiger partial charge in [0.05, 0.1) is 18.9 Å². The number of hydrogen-bond acceptors (Lipinski definition) is 6. The van der Waals surface area contributed by atoms with E-state index in [1.807, 2.05) is 19.5 Å². The van der Waals surface area contributed by atoms with E-state index in [-0.39, 0.29) is 0 Å². The summed E-state index contributed by atoms with van der Waals surface area (Å²) in [4.78, 5) is 2.11. The Labute approximate surface area is 94.6 Å². The molecule has 0 aliphatic heterocycles. The highest BCUT2D eigenvalue weighted by molar-refractivity contribution is 7.03. The van der Waals surface area contributed by atoms with Crippen molar-refractivity contribution in [3.8, 4) is 0 Å². The van der Waals surface area contributed by atoms with E-state index in [0.29, 0.717) is 0 Å². The third-order valence-corrected chi connectivity index (χ3v) is 2.37. The molecule has 0 radical (unpaired) electrons. The van der Waals surface area contributed by atoms with Gasteiger partial charge >= 0.3 is 0 Å². The van der Waals surface area contributed by atoms with Gasteiger partial charge < -0.3 is 15.0 Å². The molecule has 0 fully saturated rings. The molecule has 0 saturated carbocycles. The minimum Gasteiger partial charge on any atom is -0.379 e. The van der Waals surface area contributed by atoms with Crippen molar-refractivity contribution in [2.24, 2.45) is 0 Å². The van der Waals surface area contributed by atoms with Crippen LogP contribution < -0.4 is 5.32 Å². The molecule has 15 heavy (non-hydrogen) atoms. The second-order valence-corrected chi connectivity index (χ2v) is 4.10. The van der Waals surface area contributed by atoms with Crippen molar-refractivity contribution in [2.45, 2.75) is 6.54 Å². The van der Waals surface area contributed by atoms with Gasteiger partial charge in [-0.25, -0.2) is 0 Å². The maximum atomic E-state index is 5.43. The molecule has 0 atom stereocenters. The van der Waals surface area contributed by atoms with Crippen molar-refractivity contribution in [2.75, 3.05) is 40.4 Å². The number of rotatable bonds is 8. The second kappa shape index (κ2) is 7.70. The van der Waals surface area contributed by atoms with Gasteiger partial charge in [0.15, 0.2) is 0 Å². The first kappa shape index (κ1) is 12.5. The van der Waals surface area contributed by atoms with Gasteiger partial charge in [-0.3, -0.25) is 0 Å². The molecule has 1 N–H and O–H groups in total. The Bertz CT molecular complexity index is 240. The summed E-state index contributed by atoms with van der Waals surface area (Å²) in [5.74, 6) is 0.